The summed E-state index contributed by atoms with van der Waals surface area (Å²) < 4.78 is 0. The predicted octanol–water partition coefficient (Wildman–Crippen LogP) is 0.641. The number of rotatable bonds is 2. The fourth-order valence-electron chi connectivity index (χ4n) is 1.20. The standard InChI is InChI=1S/C10H9N7S/c11-4-6-5(12)1-2-9(15-6)18-10-16-7(13)3-8(14)17-10/h1-3H,12H2,(H4,13,14,16,17). The molecule has 7 nitrogen and oxygen atoms in total. The number of nitriles is 1. The molecule has 0 aliphatic rings. The Labute approximate surface area is 107 Å². The van der Waals surface area contributed by atoms with E-state index in [1.54, 1.807) is 12.1 Å². The fraction of sp³-hybridized carbons (Fsp3) is 0. The molecule has 0 amide bonds. The topological polar surface area (TPSA) is 141 Å². The average Bonchev–Trinajstić information content (AvgIpc) is 2.30. The van der Waals surface area contributed by atoms with E-state index in [1.807, 2.05) is 6.07 Å². The Hall–Kier alpha value is -2.53. The molecule has 0 aliphatic carbocycles. The average molecular weight is 259 g/mol. The molecule has 0 spiro atoms. The van der Waals surface area contributed by atoms with Crippen LogP contribution in [0.1, 0.15) is 5.69 Å². The molecule has 0 bridgehead atoms. The monoisotopic (exact) mass is 259 g/mol. The number of aromatic nitrogens is 3. The van der Waals surface area contributed by atoms with E-state index in [1.165, 1.54) is 6.07 Å². The third-order valence-corrected chi connectivity index (χ3v) is 2.75. The Bertz CT molecular complexity index is 614. The van der Waals surface area contributed by atoms with Crippen LogP contribution in [-0.4, -0.2) is 15.0 Å². The summed E-state index contributed by atoms with van der Waals surface area (Å²) >= 11 is 1.15. The second kappa shape index (κ2) is 4.77. The summed E-state index contributed by atoms with van der Waals surface area (Å²) in [6, 6.07) is 6.63. The number of hydrogen-bond acceptors (Lipinski definition) is 8. The van der Waals surface area contributed by atoms with E-state index in [0.29, 0.717) is 15.9 Å². The number of anilines is 3. The van der Waals surface area contributed by atoms with Crippen molar-refractivity contribution in [1.29, 1.82) is 5.26 Å². The fourth-order valence-corrected chi connectivity index (χ4v) is 1.96. The molecule has 2 aromatic heterocycles. The summed E-state index contributed by atoms with van der Waals surface area (Å²) in [6.07, 6.45) is 0. The van der Waals surface area contributed by atoms with Gasteiger partial charge in [-0.1, -0.05) is 0 Å². The van der Waals surface area contributed by atoms with Gasteiger partial charge in [-0.15, -0.1) is 0 Å². The van der Waals surface area contributed by atoms with Gasteiger partial charge in [0.2, 0.25) is 0 Å². The predicted molar refractivity (Wildman–Crippen MR) is 68.3 cm³/mol. The van der Waals surface area contributed by atoms with Gasteiger partial charge < -0.3 is 17.2 Å². The van der Waals surface area contributed by atoms with E-state index in [4.69, 9.17) is 22.5 Å². The number of nitrogens with zero attached hydrogens (tertiary/aromatic N) is 4. The van der Waals surface area contributed by atoms with Gasteiger partial charge in [-0.25, -0.2) is 15.0 Å². The molecule has 0 aliphatic heterocycles. The first-order valence-corrected chi connectivity index (χ1v) is 5.64. The van der Waals surface area contributed by atoms with E-state index < -0.39 is 0 Å². The highest BCUT2D eigenvalue weighted by molar-refractivity contribution is 7.99. The second-order valence-electron chi connectivity index (χ2n) is 3.30. The molecule has 2 rings (SSSR count). The van der Waals surface area contributed by atoms with Gasteiger partial charge in [0.15, 0.2) is 10.9 Å². The van der Waals surface area contributed by atoms with Crippen molar-refractivity contribution in [2.24, 2.45) is 0 Å². The molecule has 6 N–H and O–H groups in total. The molecule has 0 saturated carbocycles. The molecule has 0 atom stereocenters. The summed E-state index contributed by atoms with van der Waals surface area (Å²) in [6.45, 7) is 0. The van der Waals surface area contributed by atoms with Crippen LogP contribution in [0.25, 0.3) is 0 Å². The molecule has 0 radical (unpaired) electrons. The molecular formula is C10H9N7S. The minimum absolute atomic E-state index is 0.164. The van der Waals surface area contributed by atoms with Gasteiger partial charge >= 0.3 is 0 Å². The molecule has 8 heteroatoms. The highest BCUT2D eigenvalue weighted by Crippen LogP contribution is 2.25. The van der Waals surface area contributed by atoms with E-state index in [0.717, 1.165) is 11.8 Å². The third kappa shape index (κ3) is 2.58. The molecule has 2 aromatic rings. The van der Waals surface area contributed by atoms with Crippen LogP contribution >= 0.6 is 11.8 Å². The summed E-state index contributed by atoms with van der Waals surface area (Å²) in [5.41, 5.74) is 17.2. The van der Waals surface area contributed by atoms with Crippen LogP contribution in [0, 0.1) is 11.3 Å². The second-order valence-corrected chi connectivity index (χ2v) is 4.29. The van der Waals surface area contributed by atoms with Gasteiger partial charge in [0.05, 0.1) is 5.69 Å². The lowest BCUT2D eigenvalue weighted by Crippen LogP contribution is -2.00. The summed E-state index contributed by atoms with van der Waals surface area (Å²) in [5, 5.41) is 9.74. The van der Waals surface area contributed by atoms with Crippen molar-refractivity contribution in [3.63, 3.8) is 0 Å². The summed E-state index contributed by atoms with van der Waals surface area (Å²) in [4.78, 5) is 12.1. The molecule has 0 saturated heterocycles. The zero-order valence-electron chi connectivity index (χ0n) is 9.16. The molecule has 0 unspecified atom stereocenters. The lowest BCUT2D eigenvalue weighted by Gasteiger charge is -2.03. The van der Waals surface area contributed by atoms with Crippen LogP contribution in [0.5, 0.6) is 0 Å². The zero-order chi connectivity index (χ0) is 13.1. The van der Waals surface area contributed by atoms with Crippen LogP contribution in [0.2, 0.25) is 0 Å². The van der Waals surface area contributed by atoms with Crippen LogP contribution in [-0.2, 0) is 0 Å². The molecule has 0 fully saturated rings. The van der Waals surface area contributed by atoms with Gasteiger partial charge in [0.25, 0.3) is 0 Å². The van der Waals surface area contributed by atoms with E-state index in [9.17, 15) is 0 Å². The normalized spacial score (nSPS) is 9.94. The third-order valence-electron chi connectivity index (χ3n) is 1.95. The minimum Gasteiger partial charge on any atom is -0.396 e. The maximum absolute atomic E-state index is 8.82. The largest absolute Gasteiger partial charge is 0.396 e. The smallest absolute Gasteiger partial charge is 0.197 e. The van der Waals surface area contributed by atoms with Gasteiger partial charge in [0, 0.05) is 6.07 Å². The van der Waals surface area contributed by atoms with Crippen LogP contribution in [0.3, 0.4) is 0 Å². The molecule has 18 heavy (non-hydrogen) atoms. The Morgan fingerprint density at radius 3 is 2.33 bits per heavy atom. The van der Waals surface area contributed by atoms with Crippen molar-refractivity contribution in [3.05, 3.63) is 23.9 Å². The Balaban J connectivity index is 2.31. The van der Waals surface area contributed by atoms with Gasteiger partial charge in [-0.05, 0) is 23.9 Å². The highest BCUT2D eigenvalue weighted by atomic mass is 32.2. The summed E-state index contributed by atoms with van der Waals surface area (Å²) in [5.74, 6) is 0.557. The van der Waals surface area contributed by atoms with Crippen LogP contribution < -0.4 is 17.2 Å². The van der Waals surface area contributed by atoms with Crippen molar-refractivity contribution < 1.29 is 0 Å². The quantitative estimate of drug-likeness (QED) is 0.667. The first-order chi connectivity index (χ1) is 8.58. The lowest BCUT2D eigenvalue weighted by atomic mass is 10.3. The Morgan fingerprint density at radius 1 is 1.06 bits per heavy atom. The van der Waals surface area contributed by atoms with Crippen molar-refractivity contribution in [3.8, 4) is 6.07 Å². The van der Waals surface area contributed by atoms with Crippen LogP contribution in [0.4, 0.5) is 17.3 Å². The highest BCUT2D eigenvalue weighted by Gasteiger charge is 2.07. The number of nitrogens with two attached hydrogens (primary N) is 3. The van der Waals surface area contributed by atoms with Gasteiger partial charge in [-0.3, -0.25) is 0 Å². The number of nitrogen functional groups attached to an aromatic ring is 3. The van der Waals surface area contributed by atoms with Gasteiger partial charge in [0.1, 0.15) is 22.7 Å². The van der Waals surface area contributed by atoms with E-state index in [2.05, 4.69) is 15.0 Å². The zero-order valence-corrected chi connectivity index (χ0v) is 9.98. The van der Waals surface area contributed by atoms with Gasteiger partial charge in [-0.2, -0.15) is 5.26 Å². The Morgan fingerprint density at radius 2 is 1.72 bits per heavy atom. The molecule has 90 valence electrons. The van der Waals surface area contributed by atoms with E-state index in [-0.39, 0.29) is 17.3 Å². The molecular weight excluding hydrogens is 250 g/mol. The molecule has 2 heterocycles. The maximum atomic E-state index is 8.82. The van der Waals surface area contributed by atoms with Crippen LogP contribution in [0.15, 0.2) is 28.4 Å². The first kappa shape index (κ1) is 11.9. The number of pyridine rings is 1. The van der Waals surface area contributed by atoms with Crippen molar-refractivity contribution in [2.75, 3.05) is 17.2 Å². The van der Waals surface area contributed by atoms with Crippen molar-refractivity contribution >= 4 is 29.1 Å². The van der Waals surface area contributed by atoms with Crippen molar-refractivity contribution in [2.45, 2.75) is 10.2 Å². The Kier molecular flexibility index (Phi) is 3.16. The first-order valence-electron chi connectivity index (χ1n) is 4.83. The summed E-state index contributed by atoms with van der Waals surface area (Å²) in [7, 11) is 0. The number of hydrogen-bond donors (Lipinski definition) is 3. The molecule has 0 aromatic carbocycles. The minimum atomic E-state index is 0.164. The van der Waals surface area contributed by atoms with Crippen molar-refractivity contribution in [1.82, 2.24) is 15.0 Å². The SMILES string of the molecule is N#Cc1nc(Sc2nc(N)cc(N)n2)ccc1N. The lowest BCUT2D eigenvalue weighted by molar-refractivity contribution is 0.975. The maximum Gasteiger partial charge on any atom is 0.197 e. The van der Waals surface area contributed by atoms with E-state index >= 15 is 0 Å².